The molecule has 1 amide bonds. The van der Waals surface area contributed by atoms with Gasteiger partial charge in [-0.2, -0.15) is 5.10 Å². The highest BCUT2D eigenvalue weighted by Crippen LogP contribution is 2.23. The number of hydrazone groups is 1. The van der Waals surface area contributed by atoms with Crippen molar-refractivity contribution in [3.05, 3.63) is 60.3 Å². The van der Waals surface area contributed by atoms with Gasteiger partial charge in [-0.15, -0.1) is 0 Å². The summed E-state index contributed by atoms with van der Waals surface area (Å²) in [5.74, 6) is -0.243. The van der Waals surface area contributed by atoms with Crippen molar-refractivity contribution in [3.63, 3.8) is 0 Å². The van der Waals surface area contributed by atoms with Crippen LogP contribution in [0.5, 0.6) is 0 Å². The van der Waals surface area contributed by atoms with Gasteiger partial charge in [0.2, 0.25) is 5.91 Å². The Morgan fingerprint density at radius 2 is 2.00 bits per heavy atom. The van der Waals surface area contributed by atoms with Crippen LogP contribution in [0.3, 0.4) is 0 Å². The van der Waals surface area contributed by atoms with Crippen molar-refractivity contribution in [2.24, 2.45) is 5.10 Å². The lowest BCUT2D eigenvalue weighted by molar-refractivity contribution is -0.118. The van der Waals surface area contributed by atoms with Gasteiger partial charge in [-0.05, 0) is 18.2 Å². The van der Waals surface area contributed by atoms with Crippen LogP contribution in [-0.2, 0) is 4.79 Å². The summed E-state index contributed by atoms with van der Waals surface area (Å²) in [5.41, 5.74) is 5.47. The van der Waals surface area contributed by atoms with Gasteiger partial charge in [0.1, 0.15) is 5.52 Å². The van der Waals surface area contributed by atoms with Crippen molar-refractivity contribution in [1.82, 2.24) is 15.0 Å². The number of rotatable bonds is 5. The molecule has 4 aromatic rings. The van der Waals surface area contributed by atoms with Crippen molar-refractivity contribution < 1.29 is 14.0 Å². The number of nitrogens with zero attached hydrogens (tertiary/aromatic N) is 3. The van der Waals surface area contributed by atoms with Crippen molar-refractivity contribution in [2.75, 3.05) is 5.75 Å². The van der Waals surface area contributed by atoms with E-state index in [2.05, 4.69) is 15.5 Å². The zero-order valence-corrected chi connectivity index (χ0v) is 15.8. The molecule has 2 aromatic carbocycles. The number of fused-ring (bicyclic) bond motifs is 2. The van der Waals surface area contributed by atoms with E-state index in [1.54, 1.807) is 10.8 Å². The van der Waals surface area contributed by atoms with Crippen LogP contribution in [0.25, 0.3) is 22.0 Å². The molecule has 0 atom stereocenters. The maximum absolute atomic E-state index is 12.0. The number of amides is 1. The van der Waals surface area contributed by atoms with Gasteiger partial charge in [0.15, 0.2) is 5.58 Å². The Labute approximate surface area is 164 Å². The molecule has 0 aliphatic heterocycles. The summed E-state index contributed by atoms with van der Waals surface area (Å²) in [6.45, 7) is 1.50. The highest BCUT2D eigenvalue weighted by atomic mass is 32.2. The van der Waals surface area contributed by atoms with Gasteiger partial charge in [-0.3, -0.25) is 14.2 Å². The molecule has 7 nitrogen and oxygen atoms in total. The van der Waals surface area contributed by atoms with Gasteiger partial charge >= 0.3 is 0 Å². The summed E-state index contributed by atoms with van der Waals surface area (Å²) in [4.78, 5) is 28.1. The Kier molecular flexibility index (Phi) is 4.94. The van der Waals surface area contributed by atoms with Crippen LogP contribution in [0.1, 0.15) is 17.3 Å². The van der Waals surface area contributed by atoms with E-state index in [9.17, 15) is 9.59 Å². The van der Waals surface area contributed by atoms with Gasteiger partial charge in [0.05, 0.1) is 17.5 Å². The van der Waals surface area contributed by atoms with E-state index in [1.807, 2.05) is 48.5 Å². The summed E-state index contributed by atoms with van der Waals surface area (Å²) < 4.78 is 7.12. The number of thioether (sulfide) groups is 1. The van der Waals surface area contributed by atoms with E-state index >= 15 is 0 Å². The number of aromatic nitrogens is 2. The summed E-state index contributed by atoms with van der Waals surface area (Å²) in [7, 11) is 0. The maximum Gasteiger partial charge on any atom is 0.257 e. The topological polar surface area (TPSA) is 89.5 Å². The van der Waals surface area contributed by atoms with E-state index in [0.29, 0.717) is 10.8 Å². The summed E-state index contributed by atoms with van der Waals surface area (Å²) >= 11 is 1.20. The number of carbonyl (C=O) groups is 2. The summed E-state index contributed by atoms with van der Waals surface area (Å²) in [6, 6.07) is 15.0. The molecule has 0 radical (unpaired) electrons. The second-order valence-corrected chi connectivity index (χ2v) is 6.95. The Bertz CT molecular complexity index is 1180. The zero-order chi connectivity index (χ0) is 19.5. The molecule has 0 bridgehead atoms. The number of benzene rings is 2. The van der Waals surface area contributed by atoms with Gasteiger partial charge in [0.25, 0.3) is 11.1 Å². The molecule has 0 saturated heterocycles. The molecule has 28 heavy (non-hydrogen) atoms. The first-order valence-corrected chi connectivity index (χ1v) is 9.51. The Morgan fingerprint density at radius 1 is 1.21 bits per heavy atom. The lowest BCUT2D eigenvalue weighted by Gasteiger charge is -1.97. The largest absolute Gasteiger partial charge is 0.431 e. The van der Waals surface area contributed by atoms with Crippen LogP contribution < -0.4 is 5.43 Å². The lowest BCUT2D eigenvalue weighted by Crippen LogP contribution is -2.19. The minimum absolute atomic E-state index is 0.0883. The van der Waals surface area contributed by atoms with Crippen LogP contribution in [0, 0.1) is 0 Å². The molecule has 8 heteroatoms. The lowest BCUT2D eigenvalue weighted by atomic mass is 10.2. The van der Waals surface area contributed by atoms with E-state index in [4.69, 9.17) is 4.42 Å². The molecule has 0 fully saturated rings. The summed E-state index contributed by atoms with van der Waals surface area (Å²) in [5, 5.41) is 5.33. The highest BCUT2D eigenvalue weighted by Gasteiger charge is 2.10. The summed E-state index contributed by atoms with van der Waals surface area (Å²) in [6.07, 6.45) is 3.24. The number of oxazole rings is 1. The molecule has 4 rings (SSSR count). The van der Waals surface area contributed by atoms with Gasteiger partial charge in [-0.1, -0.05) is 42.1 Å². The third-order valence-corrected chi connectivity index (χ3v) is 4.90. The zero-order valence-electron chi connectivity index (χ0n) is 15.0. The van der Waals surface area contributed by atoms with E-state index in [0.717, 1.165) is 22.0 Å². The second-order valence-electron chi connectivity index (χ2n) is 6.02. The van der Waals surface area contributed by atoms with E-state index in [-0.39, 0.29) is 17.6 Å². The molecule has 1 N–H and O–H groups in total. The van der Waals surface area contributed by atoms with Crippen LogP contribution in [0.15, 0.2) is 69.5 Å². The SMILES string of the molecule is CC(=O)n1cc(C=NNC(=O)CSc2nc3ccccc3o2)c2ccccc21. The molecule has 2 aromatic heterocycles. The number of hydrogen-bond donors (Lipinski definition) is 1. The fraction of sp³-hybridized carbons (Fsp3) is 0.100. The van der Waals surface area contributed by atoms with Gasteiger partial charge in [-0.25, -0.2) is 10.4 Å². The first kappa shape index (κ1) is 18.0. The predicted molar refractivity (Wildman–Crippen MR) is 109 cm³/mol. The minimum Gasteiger partial charge on any atom is -0.431 e. The van der Waals surface area contributed by atoms with Crippen molar-refractivity contribution >= 4 is 51.8 Å². The van der Waals surface area contributed by atoms with Crippen LogP contribution >= 0.6 is 11.8 Å². The minimum atomic E-state index is -0.279. The Balaban J connectivity index is 1.40. The van der Waals surface area contributed by atoms with Crippen LogP contribution in [0.2, 0.25) is 0 Å². The maximum atomic E-state index is 12.0. The highest BCUT2D eigenvalue weighted by molar-refractivity contribution is 7.99. The fourth-order valence-electron chi connectivity index (χ4n) is 2.82. The van der Waals surface area contributed by atoms with Crippen molar-refractivity contribution in [2.45, 2.75) is 12.1 Å². The second kappa shape index (κ2) is 7.69. The third-order valence-electron chi connectivity index (χ3n) is 4.08. The molecule has 0 saturated carbocycles. The molecule has 0 unspecified atom stereocenters. The number of nitrogens with one attached hydrogen (secondary N) is 1. The molecule has 140 valence electrons. The molecule has 0 spiro atoms. The van der Waals surface area contributed by atoms with E-state index < -0.39 is 0 Å². The standard InChI is InChI=1S/C20H16N4O3S/c1-13(25)24-11-14(15-6-2-4-8-17(15)24)10-21-23-19(26)12-28-20-22-16-7-3-5-9-18(16)27-20/h2-11H,12H2,1H3,(H,23,26). The van der Waals surface area contributed by atoms with Gasteiger partial charge < -0.3 is 4.42 Å². The molecule has 0 aliphatic rings. The first-order valence-electron chi connectivity index (χ1n) is 8.53. The number of carbonyl (C=O) groups excluding carboxylic acids is 2. The van der Waals surface area contributed by atoms with Crippen molar-refractivity contribution in [3.8, 4) is 0 Å². The number of para-hydroxylation sites is 3. The first-order chi connectivity index (χ1) is 13.6. The van der Waals surface area contributed by atoms with E-state index in [1.165, 1.54) is 24.9 Å². The smallest absolute Gasteiger partial charge is 0.257 e. The third kappa shape index (κ3) is 3.67. The molecule has 0 aliphatic carbocycles. The molecule has 2 heterocycles. The Hall–Kier alpha value is -3.39. The van der Waals surface area contributed by atoms with Gasteiger partial charge in [0, 0.05) is 24.1 Å². The quantitative estimate of drug-likeness (QED) is 0.318. The fourth-order valence-corrected chi connectivity index (χ4v) is 3.45. The average Bonchev–Trinajstić information content (AvgIpc) is 3.28. The van der Waals surface area contributed by atoms with Crippen LogP contribution in [-0.4, -0.2) is 33.3 Å². The number of hydrogen-bond acceptors (Lipinski definition) is 6. The molecular weight excluding hydrogens is 376 g/mol. The molecular formula is C20H16N4O3S. The predicted octanol–water partition coefficient (Wildman–Crippen LogP) is 3.69. The Morgan fingerprint density at radius 3 is 2.82 bits per heavy atom. The monoisotopic (exact) mass is 392 g/mol. The van der Waals surface area contributed by atoms with Crippen molar-refractivity contribution in [1.29, 1.82) is 0 Å². The van der Waals surface area contributed by atoms with Crippen LogP contribution in [0.4, 0.5) is 0 Å². The average molecular weight is 392 g/mol. The normalized spacial score (nSPS) is 11.5.